The number of aryl methyl sites for hydroxylation is 1. The second-order valence-electron chi connectivity index (χ2n) is 7.90. The number of nitrogens with one attached hydrogen (secondary N) is 1. The molecule has 0 aliphatic carbocycles. The molecule has 2 aromatic heterocycles. The third-order valence-electron chi connectivity index (χ3n) is 5.72. The maximum absolute atomic E-state index is 13.1. The van der Waals surface area contributed by atoms with Crippen LogP contribution < -0.4 is 11.1 Å². The minimum absolute atomic E-state index is 0.0273. The van der Waals surface area contributed by atoms with Crippen molar-refractivity contribution in [1.82, 2.24) is 20.0 Å². The smallest absolute Gasteiger partial charge is 0.257 e. The highest BCUT2D eigenvalue weighted by atomic mass is 16.5. The van der Waals surface area contributed by atoms with Crippen molar-refractivity contribution in [1.29, 1.82) is 0 Å². The third kappa shape index (κ3) is 3.69. The van der Waals surface area contributed by atoms with Crippen LogP contribution in [0.4, 0.5) is 5.82 Å². The number of hydrogen-bond donors (Lipinski definition) is 2. The first-order chi connectivity index (χ1) is 15.6. The molecule has 1 atom stereocenters. The van der Waals surface area contributed by atoms with Gasteiger partial charge in [0.05, 0.1) is 23.4 Å². The lowest BCUT2D eigenvalue weighted by molar-refractivity contribution is 0.0859. The van der Waals surface area contributed by atoms with E-state index in [9.17, 15) is 4.79 Å². The number of fused-ring (bicyclic) bond motifs is 2. The van der Waals surface area contributed by atoms with Crippen LogP contribution in [0, 0.1) is 6.92 Å². The van der Waals surface area contributed by atoms with Crippen molar-refractivity contribution in [3.05, 3.63) is 65.2 Å². The Morgan fingerprint density at radius 3 is 2.72 bits per heavy atom. The summed E-state index contributed by atoms with van der Waals surface area (Å²) in [6.45, 7) is 3.17. The fraction of sp³-hybridized carbons (Fsp3) is 0.250. The van der Waals surface area contributed by atoms with Crippen LogP contribution in [-0.4, -0.2) is 46.0 Å². The molecule has 0 unspecified atom stereocenters. The number of amides is 1. The summed E-state index contributed by atoms with van der Waals surface area (Å²) in [7, 11) is 0. The number of aromatic nitrogens is 3. The largest absolute Gasteiger partial charge is 0.383 e. The molecule has 0 radical (unpaired) electrons. The Kier molecular flexibility index (Phi) is 5.28. The van der Waals surface area contributed by atoms with Crippen LogP contribution >= 0.6 is 0 Å². The van der Waals surface area contributed by atoms with Gasteiger partial charge in [0.15, 0.2) is 5.65 Å². The van der Waals surface area contributed by atoms with Crippen molar-refractivity contribution in [2.45, 2.75) is 25.9 Å². The molecule has 32 heavy (non-hydrogen) atoms. The van der Waals surface area contributed by atoms with Gasteiger partial charge in [-0.2, -0.15) is 9.78 Å². The summed E-state index contributed by atoms with van der Waals surface area (Å²) >= 11 is 0. The second-order valence-corrected chi connectivity index (χ2v) is 7.90. The number of nitrogens with zero attached hydrogens (tertiary/aromatic N) is 4. The Bertz CT molecular complexity index is 1340. The standard InChI is InChI=1S/C24H24N6O2/c1-15-7-2-3-8-16(15)13-27-30-22(25)20(24(31)26-14-17-9-6-12-32-17)21-23(30)29-19-11-5-4-10-18(19)28-21/h2-5,7-8,10-11,13,17H,6,9,12,14,25H2,1H3,(H,26,31)/b27-13+/t17-/m1/s1. The fourth-order valence-corrected chi connectivity index (χ4v) is 3.94. The van der Waals surface area contributed by atoms with Gasteiger partial charge in [-0.15, -0.1) is 0 Å². The summed E-state index contributed by atoms with van der Waals surface area (Å²) in [4.78, 5) is 22.6. The lowest BCUT2D eigenvalue weighted by Gasteiger charge is -2.10. The molecule has 3 N–H and O–H groups in total. The van der Waals surface area contributed by atoms with E-state index in [-0.39, 0.29) is 23.4 Å². The molecule has 0 spiro atoms. The SMILES string of the molecule is Cc1ccccc1/C=N/n1c(N)c(C(=O)NC[C@H]2CCCO2)c2nc3ccccc3nc21. The average Bonchev–Trinajstić information content (AvgIpc) is 3.41. The van der Waals surface area contributed by atoms with Crippen LogP contribution in [0.5, 0.6) is 0 Å². The van der Waals surface area contributed by atoms with E-state index in [1.54, 1.807) is 6.21 Å². The zero-order valence-corrected chi connectivity index (χ0v) is 17.8. The van der Waals surface area contributed by atoms with Crippen molar-refractivity contribution in [2.24, 2.45) is 5.10 Å². The van der Waals surface area contributed by atoms with Gasteiger partial charge >= 0.3 is 0 Å². The maximum Gasteiger partial charge on any atom is 0.257 e. The predicted octanol–water partition coefficient (Wildman–Crippen LogP) is 3.27. The van der Waals surface area contributed by atoms with E-state index in [0.717, 1.165) is 30.6 Å². The van der Waals surface area contributed by atoms with Crippen molar-refractivity contribution >= 4 is 40.1 Å². The Morgan fingerprint density at radius 2 is 1.97 bits per heavy atom. The van der Waals surface area contributed by atoms with Gasteiger partial charge in [-0.3, -0.25) is 4.79 Å². The summed E-state index contributed by atoms with van der Waals surface area (Å²) in [5.74, 6) is -0.109. The lowest BCUT2D eigenvalue weighted by Crippen LogP contribution is -2.32. The van der Waals surface area contributed by atoms with E-state index in [2.05, 4.69) is 10.4 Å². The molecule has 8 heteroatoms. The topological polar surface area (TPSA) is 107 Å². The Labute approximate surface area is 185 Å². The number of anilines is 1. The van der Waals surface area contributed by atoms with E-state index < -0.39 is 0 Å². The molecule has 1 aliphatic rings. The molecule has 0 bridgehead atoms. The Balaban J connectivity index is 1.60. The van der Waals surface area contributed by atoms with Gasteiger partial charge in [-0.25, -0.2) is 9.97 Å². The number of hydrogen-bond acceptors (Lipinski definition) is 6. The number of nitrogens with two attached hydrogens (primary N) is 1. The number of nitrogen functional groups attached to an aromatic ring is 1. The molecular formula is C24H24N6O2. The normalized spacial score (nSPS) is 16.3. The third-order valence-corrected chi connectivity index (χ3v) is 5.72. The molecule has 1 amide bonds. The summed E-state index contributed by atoms with van der Waals surface area (Å²) in [6.07, 6.45) is 3.69. The van der Waals surface area contributed by atoms with Crippen LogP contribution in [0.15, 0.2) is 53.6 Å². The minimum Gasteiger partial charge on any atom is -0.383 e. The number of benzene rings is 2. The van der Waals surface area contributed by atoms with Crippen molar-refractivity contribution in [2.75, 3.05) is 18.9 Å². The summed E-state index contributed by atoms with van der Waals surface area (Å²) in [6, 6.07) is 15.4. The molecule has 4 aromatic rings. The number of rotatable bonds is 5. The number of carbonyl (C=O) groups excluding carboxylic acids is 1. The fourth-order valence-electron chi connectivity index (χ4n) is 3.94. The first-order valence-corrected chi connectivity index (χ1v) is 10.7. The molecule has 1 saturated heterocycles. The first kappa shape index (κ1) is 20.1. The van der Waals surface area contributed by atoms with E-state index in [0.29, 0.717) is 28.7 Å². The molecule has 2 aromatic carbocycles. The summed E-state index contributed by atoms with van der Waals surface area (Å²) < 4.78 is 7.10. The van der Waals surface area contributed by atoms with E-state index in [1.165, 1.54) is 4.68 Å². The molecule has 8 nitrogen and oxygen atoms in total. The lowest BCUT2D eigenvalue weighted by atomic mass is 10.1. The van der Waals surface area contributed by atoms with Crippen LogP contribution in [0.1, 0.15) is 34.3 Å². The van der Waals surface area contributed by atoms with Gasteiger partial charge in [0.1, 0.15) is 16.9 Å². The van der Waals surface area contributed by atoms with Crippen LogP contribution in [0.3, 0.4) is 0 Å². The quantitative estimate of drug-likeness (QED) is 0.475. The van der Waals surface area contributed by atoms with Gasteiger partial charge in [-0.05, 0) is 43.0 Å². The van der Waals surface area contributed by atoms with Crippen LogP contribution in [0.2, 0.25) is 0 Å². The number of ether oxygens (including phenoxy) is 1. The van der Waals surface area contributed by atoms with Gasteiger partial charge in [0, 0.05) is 13.2 Å². The monoisotopic (exact) mass is 428 g/mol. The summed E-state index contributed by atoms with van der Waals surface area (Å²) in [5.41, 5.74) is 11.0. The highest BCUT2D eigenvalue weighted by molar-refractivity contribution is 6.10. The minimum atomic E-state index is -0.308. The van der Waals surface area contributed by atoms with Crippen molar-refractivity contribution < 1.29 is 9.53 Å². The van der Waals surface area contributed by atoms with Crippen molar-refractivity contribution in [3.8, 4) is 0 Å². The van der Waals surface area contributed by atoms with Gasteiger partial charge in [0.25, 0.3) is 5.91 Å². The second kappa shape index (κ2) is 8.39. The van der Waals surface area contributed by atoms with E-state index in [4.69, 9.17) is 20.4 Å². The number of para-hydroxylation sites is 2. The van der Waals surface area contributed by atoms with Crippen LogP contribution in [-0.2, 0) is 4.74 Å². The Morgan fingerprint density at radius 1 is 1.22 bits per heavy atom. The predicted molar refractivity (Wildman–Crippen MR) is 125 cm³/mol. The molecule has 1 fully saturated rings. The molecule has 1 aliphatic heterocycles. The number of carbonyl (C=O) groups is 1. The molecule has 5 rings (SSSR count). The van der Waals surface area contributed by atoms with E-state index >= 15 is 0 Å². The molecule has 3 heterocycles. The Hall–Kier alpha value is -3.78. The summed E-state index contributed by atoms with van der Waals surface area (Å²) in [5, 5.41) is 7.51. The van der Waals surface area contributed by atoms with Gasteiger partial charge < -0.3 is 15.8 Å². The molecular weight excluding hydrogens is 404 g/mol. The average molecular weight is 428 g/mol. The highest BCUT2D eigenvalue weighted by Gasteiger charge is 2.25. The van der Waals surface area contributed by atoms with E-state index in [1.807, 2.05) is 55.5 Å². The zero-order chi connectivity index (χ0) is 22.1. The van der Waals surface area contributed by atoms with Gasteiger partial charge in [-0.1, -0.05) is 36.4 Å². The van der Waals surface area contributed by atoms with Gasteiger partial charge in [0.2, 0.25) is 0 Å². The van der Waals surface area contributed by atoms with Crippen LogP contribution in [0.25, 0.3) is 22.2 Å². The first-order valence-electron chi connectivity index (χ1n) is 10.7. The highest BCUT2D eigenvalue weighted by Crippen LogP contribution is 2.28. The molecule has 162 valence electrons. The zero-order valence-electron chi connectivity index (χ0n) is 17.8. The van der Waals surface area contributed by atoms with Crippen molar-refractivity contribution in [3.63, 3.8) is 0 Å². The maximum atomic E-state index is 13.1. The molecule has 0 saturated carbocycles.